The molecule has 0 aromatic heterocycles. The van der Waals surface area contributed by atoms with Gasteiger partial charge in [-0.3, -0.25) is 14.5 Å². The SMILES string of the molecule is NC(=O)C1Cc2ccccc2N1C(=O)c1cc(C(F)(F)F)cc(C(F)(F)F)c1. The molecule has 0 aliphatic carbocycles. The molecule has 0 fully saturated rings. The van der Waals surface area contributed by atoms with E-state index in [9.17, 15) is 35.9 Å². The number of primary amides is 1. The van der Waals surface area contributed by atoms with Crippen LogP contribution in [0.15, 0.2) is 42.5 Å². The number of hydrogen-bond donors (Lipinski definition) is 1. The van der Waals surface area contributed by atoms with Crippen LogP contribution >= 0.6 is 0 Å². The highest BCUT2D eigenvalue weighted by Crippen LogP contribution is 2.38. The van der Waals surface area contributed by atoms with Gasteiger partial charge in [-0.1, -0.05) is 18.2 Å². The fraction of sp³-hybridized carbons (Fsp3) is 0.222. The van der Waals surface area contributed by atoms with Crippen molar-refractivity contribution in [3.8, 4) is 0 Å². The zero-order valence-electron chi connectivity index (χ0n) is 13.9. The lowest BCUT2D eigenvalue weighted by atomic mass is 10.0. The molecule has 148 valence electrons. The maximum Gasteiger partial charge on any atom is 0.416 e. The van der Waals surface area contributed by atoms with E-state index in [1.54, 1.807) is 12.1 Å². The topological polar surface area (TPSA) is 63.4 Å². The number of fused-ring (bicyclic) bond motifs is 1. The highest BCUT2D eigenvalue weighted by molar-refractivity contribution is 6.11. The number of nitrogens with two attached hydrogens (primary N) is 1. The summed E-state index contributed by atoms with van der Waals surface area (Å²) in [6.45, 7) is 0. The molecule has 1 heterocycles. The molecule has 1 aliphatic rings. The summed E-state index contributed by atoms with van der Waals surface area (Å²) in [4.78, 5) is 25.4. The number of carbonyl (C=O) groups is 2. The molecule has 28 heavy (non-hydrogen) atoms. The second-order valence-electron chi connectivity index (χ2n) is 6.22. The van der Waals surface area contributed by atoms with Gasteiger partial charge in [0.05, 0.1) is 11.1 Å². The van der Waals surface area contributed by atoms with Gasteiger partial charge in [-0.15, -0.1) is 0 Å². The van der Waals surface area contributed by atoms with Gasteiger partial charge in [0.25, 0.3) is 5.91 Å². The van der Waals surface area contributed by atoms with E-state index >= 15 is 0 Å². The third kappa shape index (κ3) is 3.54. The van der Waals surface area contributed by atoms with Crippen molar-refractivity contribution in [2.75, 3.05) is 4.90 Å². The number of anilines is 1. The zero-order chi connectivity index (χ0) is 20.9. The van der Waals surface area contributed by atoms with Crippen molar-refractivity contribution in [1.82, 2.24) is 0 Å². The van der Waals surface area contributed by atoms with E-state index in [4.69, 9.17) is 5.73 Å². The second-order valence-corrected chi connectivity index (χ2v) is 6.22. The first-order valence-electron chi connectivity index (χ1n) is 7.90. The number of benzene rings is 2. The Morgan fingerprint density at radius 2 is 1.46 bits per heavy atom. The molecule has 4 nitrogen and oxygen atoms in total. The van der Waals surface area contributed by atoms with E-state index < -0.39 is 46.9 Å². The number of carbonyl (C=O) groups excluding carboxylic acids is 2. The van der Waals surface area contributed by atoms with Crippen LogP contribution in [0.2, 0.25) is 0 Å². The van der Waals surface area contributed by atoms with Crippen LogP contribution < -0.4 is 10.6 Å². The van der Waals surface area contributed by atoms with Crippen LogP contribution in [0.25, 0.3) is 0 Å². The Hall–Kier alpha value is -3.04. The van der Waals surface area contributed by atoms with Crippen molar-refractivity contribution in [1.29, 1.82) is 0 Å². The van der Waals surface area contributed by atoms with Crippen LogP contribution in [-0.4, -0.2) is 17.9 Å². The number of hydrogen-bond acceptors (Lipinski definition) is 2. The van der Waals surface area contributed by atoms with Crippen molar-refractivity contribution in [2.45, 2.75) is 24.8 Å². The summed E-state index contributed by atoms with van der Waals surface area (Å²) in [5.41, 5.74) is 1.95. The number of amides is 2. The molecule has 1 atom stereocenters. The highest BCUT2D eigenvalue weighted by atomic mass is 19.4. The minimum atomic E-state index is -5.09. The van der Waals surface area contributed by atoms with Gasteiger partial charge >= 0.3 is 12.4 Å². The van der Waals surface area contributed by atoms with Crippen molar-refractivity contribution >= 4 is 17.5 Å². The Morgan fingerprint density at radius 3 is 1.96 bits per heavy atom. The fourth-order valence-electron chi connectivity index (χ4n) is 3.08. The van der Waals surface area contributed by atoms with Gasteiger partial charge in [-0.05, 0) is 29.8 Å². The summed E-state index contributed by atoms with van der Waals surface area (Å²) in [5, 5.41) is 0. The fourth-order valence-corrected chi connectivity index (χ4v) is 3.08. The molecule has 2 amide bonds. The molecular formula is C18H12F6N2O2. The van der Waals surface area contributed by atoms with Crippen molar-refractivity contribution in [2.24, 2.45) is 5.73 Å². The van der Waals surface area contributed by atoms with Crippen LogP contribution in [0.3, 0.4) is 0 Å². The largest absolute Gasteiger partial charge is 0.416 e. The van der Waals surface area contributed by atoms with Gasteiger partial charge in [-0.2, -0.15) is 26.3 Å². The van der Waals surface area contributed by atoms with Crippen LogP contribution in [0.1, 0.15) is 27.0 Å². The first kappa shape index (κ1) is 19.7. The lowest BCUT2D eigenvalue weighted by molar-refractivity contribution is -0.143. The molecule has 2 aromatic carbocycles. The zero-order valence-corrected chi connectivity index (χ0v) is 13.9. The summed E-state index contributed by atoms with van der Waals surface area (Å²) >= 11 is 0. The smallest absolute Gasteiger partial charge is 0.368 e. The Balaban J connectivity index is 2.14. The molecule has 0 bridgehead atoms. The number of para-hydroxylation sites is 1. The summed E-state index contributed by atoms with van der Waals surface area (Å²) in [7, 11) is 0. The Bertz CT molecular complexity index is 920. The second kappa shape index (κ2) is 6.54. The Morgan fingerprint density at radius 1 is 0.929 bits per heavy atom. The Kier molecular flexibility index (Phi) is 4.60. The van der Waals surface area contributed by atoms with Gasteiger partial charge < -0.3 is 5.73 Å². The minimum absolute atomic E-state index is 0.0162. The quantitative estimate of drug-likeness (QED) is 0.778. The number of rotatable bonds is 2. The van der Waals surface area contributed by atoms with Gasteiger partial charge in [0.15, 0.2) is 0 Å². The van der Waals surface area contributed by atoms with E-state index in [0.717, 1.165) is 4.90 Å². The molecule has 10 heteroatoms. The molecule has 0 saturated heterocycles. The maximum absolute atomic E-state index is 13.1. The van der Waals surface area contributed by atoms with E-state index in [1.165, 1.54) is 12.1 Å². The molecular weight excluding hydrogens is 390 g/mol. The summed E-state index contributed by atoms with van der Waals surface area (Å²) in [5.74, 6) is -2.10. The summed E-state index contributed by atoms with van der Waals surface area (Å²) in [6, 6.07) is 5.55. The first-order chi connectivity index (χ1) is 12.9. The van der Waals surface area contributed by atoms with Gasteiger partial charge in [0.1, 0.15) is 6.04 Å². The number of alkyl halides is 6. The van der Waals surface area contributed by atoms with E-state index in [-0.39, 0.29) is 18.2 Å². The van der Waals surface area contributed by atoms with Crippen LogP contribution in [0, 0.1) is 0 Å². The molecule has 0 radical (unpaired) electrons. The predicted octanol–water partition coefficient (Wildman–Crippen LogP) is 3.78. The lowest BCUT2D eigenvalue weighted by Gasteiger charge is -2.24. The van der Waals surface area contributed by atoms with Crippen molar-refractivity contribution in [3.05, 3.63) is 64.7 Å². The summed E-state index contributed by atoms with van der Waals surface area (Å²) < 4.78 is 78.3. The molecule has 3 rings (SSSR count). The average Bonchev–Trinajstić information content (AvgIpc) is 2.99. The third-order valence-electron chi connectivity index (χ3n) is 4.36. The monoisotopic (exact) mass is 402 g/mol. The minimum Gasteiger partial charge on any atom is -0.368 e. The average molecular weight is 402 g/mol. The lowest BCUT2D eigenvalue weighted by Crippen LogP contribution is -2.46. The molecule has 1 aliphatic heterocycles. The van der Waals surface area contributed by atoms with Gasteiger partial charge in [-0.25, -0.2) is 0 Å². The molecule has 0 saturated carbocycles. The maximum atomic E-state index is 13.1. The number of halogens is 6. The van der Waals surface area contributed by atoms with Crippen molar-refractivity contribution < 1.29 is 35.9 Å². The van der Waals surface area contributed by atoms with Gasteiger partial charge in [0.2, 0.25) is 5.91 Å². The van der Waals surface area contributed by atoms with Crippen molar-refractivity contribution in [3.63, 3.8) is 0 Å². The Labute approximate surface area is 154 Å². The summed E-state index contributed by atoms with van der Waals surface area (Å²) in [6.07, 6.45) is -10.2. The normalized spacial score (nSPS) is 16.8. The standard InChI is InChI=1S/C18H12F6N2O2/c19-17(20,21)11-5-10(6-12(8-11)18(22,23)24)16(28)26-13-4-2-1-3-9(13)7-14(26)15(25)27/h1-6,8,14H,7H2,(H2,25,27). The molecule has 2 aromatic rings. The number of nitrogens with zero attached hydrogens (tertiary/aromatic N) is 1. The van der Waals surface area contributed by atoms with Crippen LogP contribution in [0.5, 0.6) is 0 Å². The highest BCUT2D eigenvalue weighted by Gasteiger charge is 2.41. The van der Waals surface area contributed by atoms with Crippen LogP contribution in [-0.2, 0) is 23.6 Å². The first-order valence-corrected chi connectivity index (χ1v) is 7.90. The molecule has 1 unspecified atom stereocenters. The molecule has 2 N–H and O–H groups in total. The molecule has 0 spiro atoms. The van der Waals surface area contributed by atoms with E-state index in [2.05, 4.69) is 0 Å². The van der Waals surface area contributed by atoms with Crippen LogP contribution in [0.4, 0.5) is 32.0 Å². The third-order valence-corrected chi connectivity index (χ3v) is 4.36. The van der Waals surface area contributed by atoms with E-state index in [1.807, 2.05) is 0 Å². The van der Waals surface area contributed by atoms with Gasteiger partial charge in [0, 0.05) is 17.7 Å². The van der Waals surface area contributed by atoms with E-state index in [0.29, 0.717) is 17.7 Å². The predicted molar refractivity (Wildman–Crippen MR) is 86.4 cm³/mol.